The summed E-state index contributed by atoms with van der Waals surface area (Å²) < 4.78 is 10.2. The maximum absolute atomic E-state index is 10.8. The minimum absolute atomic E-state index is 0.0568. The molecule has 0 bridgehead atoms. The fourth-order valence-electron chi connectivity index (χ4n) is 1.18. The summed E-state index contributed by atoms with van der Waals surface area (Å²) in [6.45, 7) is 0.561. The van der Waals surface area contributed by atoms with E-state index < -0.39 is 0 Å². The lowest BCUT2D eigenvalue weighted by molar-refractivity contribution is -0.118. The van der Waals surface area contributed by atoms with Crippen molar-refractivity contribution in [2.75, 3.05) is 26.1 Å². The van der Waals surface area contributed by atoms with Gasteiger partial charge in [-0.2, -0.15) is 0 Å². The van der Waals surface area contributed by atoms with Crippen molar-refractivity contribution in [3.8, 4) is 17.2 Å². The molecule has 0 saturated heterocycles. The van der Waals surface area contributed by atoms with Crippen molar-refractivity contribution < 1.29 is 19.4 Å². The molecule has 1 aromatic rings. The number of ether oxygens (including phenoxy) is 2. The molecule has 2 N–H and O–H groups in total. The van der Waals surface area contributed by atoms with Gasteiger partial charge in [0.2, 0.25) is 11.7 Å². The second-order valence-electron chi connectivity index (χ2n) is 3.14. The number of phenolic OH excluding ortho intramolecular Hbond substituents is 1. The Balaban J connectivity index is 2.44. The molecular weight excluding hydrogens is 246 g/mol. The standard InChI is InChI=1S/C11H14ClNO4/c1-16-8-3-2-4-9(11(8)15)17-6-5-13-10(14)7-12/h2-4,15H,5-7H2,1H3,(H,13,14). The molecule has 0 aliphatic carbocycles. The van der Waals surface area contributed by atoms with Crippen molar-refractivity contribution >= 4 is 17.5 Å². The normalized spacial score (nSPS) is 9.76. The monoisotopic (exact) mass is 259 g/mol. The van der Waals surface area contributed by atoms with E-state index in [0.717, 1.165) is 0 Å². The number of benzene rings is 1. The van der Waals surface area contributed by atoms with Gasteiger partial charge in [-0.15, -0.1) is 11.6 Å². The smallest absolute Gasteiger partial charge is 0.235 e. The Morgan fingerprint density at radius 2 is 2.18 bits per heavy atom. The minimum atomic E-state index is -0.259. The van der Waals surface area contributed by atoms with E-state index in [1.165, 1.54) is 7.11 Å². The van der Waals surface area contributed by atoms with Crippen molar-refractivity contribution in [2.45, 2.75) is 0 Å². The van der Waals surface area contributed by atoms with Crippen molar-refractivity contribution in [1.82, 2.24) is 5.32 Å². The fourth-order valence-corrected chi connectivity index (χ4v) is 1.28. The Hall–Kier alpha value is -1.62. The highest BCUT2D eigenvalue weighted by Gasteiger charge is 2.07. The first-order valence-corrected chi connectivity index (χ1v) is 5.54. The number of methoxy groups -OCH3 is 1. The number of aromatic hydroxyl groups is 1. The summed E-state index contributed by atoms with van der Waals surface area (Å²) >= 11 is 5.30. The lowest BCUT2D eigenvalue weighted by atomic mass is 10.3. The van der Waals surface area contributed by atoms with Crippen LogP contribution in [0.5, 0.6) is 17.2 Å². The second kappa shape index (κ2) is 6.85. The molecule has 5 nitrogen and oxygen atoms in total. The number of carbonyl (C=O) groups is 1. The summed E-state index contributed by atoms with van der Waals surface area (Å²) in [7, 11) is 1.46. The molecule has 0 atom stereocenters. The zero-order chi connectivity index (χ0) is 12.7. The number of hydrogen-bond donors (Lipinski definition) is 2. The summed E-state index contributed by atoms with van der Waals surface area (Å²) in [6, 6.07) is 4.93. The van der Waals surface area contributed by atoms with Gasteiger partial charge in [-0.05, 0) is 12.1 Å². The topological polar surface area (TPSA) is 67.8 Å². The van der Waals surface area contributed by atoms with E-state index >= 15 is 0 Å². The van der Waals surface area contributed by atoms with Crippen LogP contribution in [0.25, 0.3) is 0 Å². The number of halogens is 1. The van der Waals surface area contributed by atoms with Crippen LogP contribution in [-0.4, -0.2) is 37.2 Å². The number of hydrogen-bond acceptors (Lipinski definition) is 4. The molecule has 0 spiro atoms. The largest absolute Gasteiger partial charge is 0.502 e. The van der Waals surface area contributed by atoms with Gasteiger partial charge in [0.25, 0.3) is 0 Å². The van der Waals surface area contributed by atoms with Gasteiger partial charge in [0.15, 0.2) is 11.5 Å². The summed E-state index contributed by atoms with van der Waals surface area (Å²) in [5.74, 6) is 0.255. The average Bonchev–Trinajstić information content (AvgIpc) is 2.36. The zero-order valence-electron chi connectivity index (χ0n) is 9.40. The summed E-state index contributed by atoms with van der Waals surface area (Å²) in [6.07, 6.45) is 0. The van der Waals surface area contributed by atoms with Gasteiger partial charge in [0.1, 0.15) is 12.5 Å². The van der Waals surface area contributed by atoms with Gasteiger partial charge < -0.3 is 19.9 Å². The highest BCUT2D eigenvalue weighted by molar-refractivity contribution is 6.27. The molecular formula is C11H14ClNO4. The van der Waals surface area contributed by atoms with Crippen LogP contribution in [0.2, 0.25) is 0 Å². The first-order valence-electron chi connectivity index (χ1n) is 5.00. The molecule has 94 valence electrons. The number of carbonyl (C=O) groups excluding carboxylic acids is 1. The fraction of sp³-hybridized carbons (Fsp3) is 0.364. The van der Waals surface area contributed by atoms with Gasteiger partial charge in [0, 0.05) is 0 Å². The van der Waals surface area contributed by atoms with Crippen LogP contribution in [-0.2, 0) is 4.79 Å². The van der Waals surface area contributed by atoms with E-state index in [1.807, 2.05) is 0 Å². The Morgan fingerprint density at radius 3 is 2.82 bits per heavy atom. The molecule has 0 heterocycles. The van der Waals surface area contributed by atoms with E-state index in [9.17, 15) is 9.90 Å². The third-order valence-electron chi connectivity index (χ3n) is 1.99. The lowest BCUT2D eigenvalue weighted by Crippen LogP contribution is -2.28. The highest BCUT2D eigenvalue weighted by Crippen LogP contribution is 2.35. The molecule has 0 fully saturated rings. The maximum Gasteiger partial charge on any atom is 0.235 e. The van der Waals surface area contributed by atoms with Crippen LogP contribution < -0.4 is 14.8 Å². The molecule has 0 radical (unpaired) electrons. The predicted octanol–water partition coefficient (Wildman–Crippen LogP) is 1.13. The number of phenols is 1. The molecule has 1 rings (SSSR count). The number of nitrogens with one attached hydrogen (secondary N) is 1. The average molecular weight is 260 g/mol. The van der Waals surface area contributed by atoms with Crippen molar-refractivity contribution in [1.29, 1.82) is 0 Å². The lowest BCUT2D eigenvalue weighted by Gasteiger charge is -2.10. The van der Waals surface area contributed by atoms with Crippen LogP contribution in [0.3, 0.4) is 0 Å². The third-order valence-corrected chi connectivity index (χ3v) is 2.23. The van der Waals surface area contributed by atoms with E-state index in [-0.39, 0.29) is 24.1 Å². The molecule has 0 aliphatic heterocycles. The molecule has 0 saturated carbocycles. The molecule has 0 aromatic heterocycles. The van der Waals surface area contributed by atoms with E-state index in [0.29, 0.717) is 18.0 Å². The van der Waals surface area contributed by atoms with Gasteiger partial charge in [-0.1, -0.05) is 6.07 Å². The number of para-hydroxylation sites is 1. The molecule has 1 amide bonds. The Bertz CT molecular complexity index is 384. The van der Waals surface area contributed by atoms with Crippen LogP contribution in [0, 0.1) is 0 Å². The molecule has 0 unspecified atom stereocenters. The van der Waals surface area contributed by atoms with Crippen molar-refractivity contribution in [3.05, 3.63) is 18.2 Å². The summed E-state index contributed by atoms with van der Waals surface area (Å²) in [5, 5.41) is 12.2. The van der Waals surface area contributed by atoms with Gasteiger partial charge in [-0.3, -0.25) is 4.79 Å². The Morgan fingerprint density at radius 1 is 1.47 bits per heavy atom. The van der Waals surface area contributed by atoms with Gasteiger partial charge >= 0.3 is 0 Å². The highest BCUT2D eigenvalue weighted by atomic mass is 35.5. The predicted molar refractivity (Wildman–Crippen MR) is 63.9 cm³/mol. The Kier molecular flexibility index (Phi) is 5.42. The van der Waals surface area contributed by atoms with E-state index in [4.69, 9.17) is 21.1 Å². The van der Waals surface area contributed by atoms with Gasteiger partial charge in [0.05, 0.1) is 13.7 Å². The third kappa shape index (κ3) is 4.03. The number of alkyl halides is 1. The van der Waals surface area contributed by atoms with Gasteiger partial charge in [-0.25, -0.2) is 0 Å². The van der Waals surface area contributed by atoms with E-state index in [1.54, 1.807) is 18.2 Å². The maximum atomic E-state index is 10.8. The quantitative estimate of drug-likeness (QED) is 0.594. The SMILES string of the molecule is COc1cccc(OCCNC(=O)CCl)c1O. The minimum Gasteiger partial charge on any atom is -0.502 e. The number of amides is 1. The first-order chi connectivity index (χ1) is 8.19. The van der Waals surface area contributed by atoms with Crippen molar-refractivity contribution in [3.63, 3.8) is 0 Å². The zero-order valence-corrected chi connectivity index (χ0v) is 10.2. The summed E-state index contributed by atoms with van der Waals surface area (Å²) in [5.41, 5.74) is 0. The van der Waals surface area contributed by atoms with Crippen LogP contribution in [0.1, 0.15) is 0 Å². The van der Waals surface area contributed by atoms with E-state index in [2.05, 4.69) is 5.32 Å². The summed E-state index contributed by atoms with van der Waals surface area (Å²) in [4.78, 5) is 10.8. The number of rotatable bonds is 6. The molecule has 17 heavy (non-hydrogen) atoms. The van der Waals surface area contributed by atoms with Crippen molar-refractivity contribution in [2.24, 2.45) is 0 Å². The van der Waals surface area contributed by atoms with Crippen LogP contribution in [0.15, 0.2) is 18.2 Å². The molecule has 6 heteroatoms. The first kappa shape index (κ1) is 13.4. The van der Waals surface area contributed by atoms with Crippen LogP contribution >= 0.6 is 11.6 Å². The molecule has 0 aliphatic rings. The Labute approximate surface area is 104 Å². The second-order valence-corrected chi connectivity index (χ2v) is 3.41. The molecule has 1 aromatic carbocycles. The van der Waals surface area contributed by atoms with Crippen LogP contribution in [0.4, 0.5) is 0 Å².